The molecular formula is C16H23NO4. The van der Waals surface area contributed by atoms with Gasteiger partial charge in [0.1, 0.15) is 5.75 Å². The third-order valence-corrected chi connectivity index (χ3v) is 3.19. The Bertz CT molecular complexity index is 442. The molecule has 0 aliphatic carbocycles. The van der Waals surface area contributed by atoms with Crippen molar-refractivity contribution in [3.05, 3.63) is 29.8 Å². The fourth-order valence-electron chi connectivity index (χ4n) is 1.98. The van der Waals surface area contributed by atoms with Crippen molar-refractivity contribution in [1.29, 1.82) is 0 Å². The summed E-state index contributed by atoms with van der Waals surface area (Å²) in [5.74, 6) is -0.104. The van der Waals surface area contributed by atoms with E-state index in [1.807, 2.05) is 12.1 Å². The monoisotopic (exact) mass is 293 g/mol. The molecule has 0 atom stereocenters. The number of carboxylic acids is 1. The van der Waals surface area contributed by atoms with E-state index in [1.165, 1.54) is 5.56 Å². The zero-order valence-electron chi connectivity index (χ0n) is 12.4. The SMILES string of the molecule is COc1ccc(CCCCCC(=O)NCCC(=O)O)cc1. The zero-order chi connectivity index (χ0) is 15.5. The number of hydrogen-bond donors (Lipinski definition) is 2. The highest BCUT2D eigenvalue weighted by Crippen LogP contribution is 2.13. The first-order chi connectivity index (χ1) is 10.1. The van der Waals surface area contributed by atoms with Gasteiger partial charge in [-0.15, -0.1) is 0 Å². The number of carbonyl (C=O) groups is 2. The Balaban J connectivity index is 2.05. The van der Waals surface area contributed by atoms with Crippen molar-refractivity contribution in [3.8, 4) is 5.75 Å². The first kappa shape index (κ1) is 17.0. The molecule has 1 amide bonds. The minimum Gasteiger partial charge on any atom is -0.497 e. The van der Waals surface area contributed by atoms with E-state index < -0.39 is 5.97 Å². The molecule has 0 aliphatic heterocycles. The predicted molar refractivity (Wildman–Crippen MR) is 80.4 cm³/mol. The minimum absolute atomic E-state index is 0.0246. The Morgan fingerprint density at radius 2 is 1.81 bits per heavy atom. The Labute approximate surface area is 125 Å². The van der Waals surface area contributed by atoms with Crippen LogP contribution in [0.1, 0.15) is 37.7 Å². The van der Waals surface area contributed by atoms with Crippen LogP contribution < -0.4 is 10.1 Å². The maximum Gasteiger partial charge on any atom is 0.305 e. The van der Waals surface area contributed by atoms with Crippen molar-refractivity contribution in [2.45, 2.75) is 38.5 Å². The highest BCUT2D eigenvalue weighted by atomic mass is 16.5. The van der Waals surface area contributed by atoms with Crippen LogP contribution >= 0.6 is 0 Å². The quantitative estimate of drug-likeness (QED) is 0.649. The second-order valence-electron chi connectivity index (χ2n) is 4.90. The zero-order valence-corrected chi connectivity index (χ0v) is 12.4. The lowest BCUT2D eigenvalue weighted by molar-refractivity contribution is -0.136. The summed E-state index contributed by atoms with van der Waals surface area (Å²) in [4.78, 5) is 21.7. The molecule has 0 fully saturated rings. The van der Waals surface area contributed by atoms with Crippen molar-refractivity contribution >= 4 is 11.9 Å². The van der Waals surface area contributed by atoms with Gasteiger partial charge in [0.25, 0.3) is 0 Å². The lowest BCUT2D eigenvalue weighted by atomic mass is 10.1. The fourth-order valence-corrected chi connectivity index (χ4v) is 1.98. The van der Waals surface area contributed by atoms with E-state index in [-0.39, 0.29) is 18.9 Å². The number of methoxy groups -OCH3 is 1. The van der Waals surface area contributed by atoms with Gasteiger partial charge in [-0.25, -0.2) is 0 Å². The third kappa shape index (κ3) is 7.97. The van der Waals surface area contributed by atoms with E-state index in [0.29, 0.717) is 6.42 Å². The van der Waals surface area contributed by atoms with Crippen LogP contribution in [0.2, 0.25) is 0 Å². The molecule has 1 aromatic rings. The first-order valence-electron chi connectivity index (χ1n) is 7.23. The molecule has 116 valence electrons. The largest absolute Gasteiger partial charge is 0.497 e. The Hall–Kier alpha value is -2.04. The van der Waals surface area contributed by atoms with Crippen LogP contribution in [-0.4, -0.2) is 30.6 Å². The number of hydrogen-bond acceptors (Lipinski definition) is 3. The number of carboxylic acid groups (broad SMARTS) is 1. The molecule has 1 rings (SSSR count). The predicted octanol–water partition coefficient (Wildman–Crippen LogP) is 2.39. The summed E-state index contributed by atoms with van der Waals surface area (Å²) in [5.41, 5.74) is 1.27. The smallest absolute Gasteiger partial charge is 0.305 e. The summed E-state index contributed by atoms with van der Waals surface area (Å²) in [6, 6.07) is 8.01. The topological polar surface area (TPSA) is 75.6 Å². The molecule has 21 heavy (non-hydrogen) atoms. The Morgan fingerprint density at radius 3 is 2.43 bits per heavy atom. The van der Waals surface area contributed by atoms with Gasteiger partial charge >= 0.3 is 5.97 Å². The number of aliphatic carboxylic acids is 1. The van der Waals surface area contributed by atoms with Crippen molar-refractivity contribution in [2.24, 2.45) is 0 Å². The summed E-state index contributed by atoms with van der Waals surface area (Å²) in [7, 11) is 1.65. The van der Waals surface area contributed by atoms with Gasteiger partial charge in [-0.05, 0) is 37.0 Å². The maximum absolute atomic E-state index is 11.4. The van der Waals surface area contributed by atoms with Crippen LogP contribution in [0, 0.1) is 0 Å². The molecular weight excluding hydrogens is 270 g/mol. The number of rotatable bonds is 10. The lowest BCUT2D eigenvalue weighted by Crippen LogP contribution is -2.25. The number of benzene rings is 1. The Morgan fingerprint density at radius 1 is 1.10 bits per heavy atom. The van der Waals surface area contributed by atoms with Crippen molar-refractivity contribution < 1.29 is 19.4 Å². The van der Waals surface area contributed by atoms with Gasteiger partial charge in [-0.2, -0.15) is 0 Å². The third-order valence-electron chi connectivity index (χ3n) is 3.19. The van der Waals surface area contributed by atoms with E-state index in [9.17, 15) is 9.59 Å². The van der Waals surface area contributed by atoms with E-state index in [2.05, 4.69) is 17.4 Å². The number of nitrogens with one attached hydrogen (secondary N) is 1. The average Bonchev–Trinajstić information content (AvgIpc) is 2.47. The van der Waals surface area contributed by atoms with Crippen molar-refractivity contribution in [1.82, 2.24) is 5.32 Å². The summed E-state index contributed by atoms with van der Waals surface area (Å²) in [6.07, 6.45) is 4.28. The van der Waals surface area contributed by atoms with Crippen LogP contribution in [0.4, 0.5) is 0 Å². The molecule has 0 saturated heterocycles. The number of unbranched alkanes of at least 4 members (excludes halogenated alkanes) is 2. The average molecular weight is 293 g/mol. The number of amides is 1. The van der Waals surface area contributed by atoms with Crippen molar-refractivity contribution in [2.75, 3.05) is 13.7 Å². The summed E-state index contributed by atoms with van der Waals surface area (Å²) >= 11 is 0. The molecule has 2 N–H and O–H groups in total. The highest BCUT2D eigenvalue weighted by molar-refractivity contribution is 5.76. The molecule has 0 bridgehead atoms. The fraction of sp³-hybridized carbons (Fsp3) is 0.500. The molecule has 0 radical (unpaired) electrons. The Kier molecular flexibility index (Phi) is 7.94. The summed E-state index contributed by atoms with van der Waals surface area (Å²) in [5, 5.41) is 11.1. The standard InChI is InChI=1S/C16H23NO4/c1-21-14-9-7-13(8-10-14)5-3-2-4-6-15(18)17-12-11-16(19)20/h7-10H,2-6,11-12H2,1H3,(H,17,18)(H,19,20). The van der Waals surface area contributed by atoms with Gasteiger partial charge in [0.2, 0.25) is 5.91 Å². The molecule has 0 saturated carbocycles. The number of aryl methyl sites for hydroxylation is 1. The van der Waals surface area contributed by atoms with Gasteiger partial charge in [0.05, 0.1) is 13.5 Å². The summed E-state index contributed by atoms with van der Waals surface area (Å²) in [6.45, 7) is 0.208. The molecule has 0 heterocycles. The normalized spacial score (nSPS) is 10.1. The summed E-state index contributed by atoms with van der Waals surface area (Å²) < 4.78 is 5.10. The lowest BCUT2D eigenvalue weighted by Gasteiger charge is -2.05. The van der Waals surface area contributed by atoms with Gasteiger partial charge in [-0.3, -0.25) is 9.59 Å². The molecule has 0 spiro atoms. The van der Waals surface area contributed by atoms with E-state index in [0.717, 1.165) is 31.4 Å². The second kappa shape index (κ2) is 9.80. The molecule has 0 aliphatic rings. The van der Waals surface area contributed by atoms with Crippen LogP contribution in [0.5, 0.6) is 5.75 Å². The van der Waals surface area contributed by atoms with E-state index in [1.54, 1.807) is 7.11 Å². The van der Waals surface area contributed by atoms with Crippen LogP contribution in [0.3, 0.4) is 0 Å². The molecule has 0 aromatic heterocycles. The number of ether oxygens (including phenoxy) is 1. The molecule has 1 aromatic carbocycles. The number of carbonyl (C=O) groups excluding carboxylic acids is 1. The minimum atomic E-state index is -0.894. The van der Waals surface area contributed by atoms with E-state index >= 15 is 0 Å². The maximum atomic E-state index is 11.4. The van der Waals surface area contributed by atoms with Gasteiger partial charge in [0, 0.05) is 13.0 Å². The molecule has 5 nitrogen and oxygen atoms in total. The van der Waals surface area contributed by atoms with Gasteiger partial charge in [0.15, 0.2) is 0 Å². The van der Waals surface area contributed by atoms with Gasteiger partial charge < -0.3 is 15.2 Å². The van der Waals surface area contributed by atoms with Crippen molar-refractivity contribution in [3.63, 3.8) is 0 Å². The first-order valence-corrected chi connectivity index (χ1v) is 7.23. The molecule has 5 heteroatoms. The van der Waals surface area contributed by atoms with Crippen LogP contribution in [0.15, 0.2) is 24.3 Å². The molecule has 0 unspecified atom stereocenters. The van der Waals surface area contributed by atoms with E-state index in [4.69, 9.17) is 9.84 Å². The highest BCUT2D eigenvalue weighted by Gasteiger charge is 2.02. The second-order valence-corrected chi connectivity index (χ2v) is 4.90. The van der Waals surface area contributed by atoms with Crippen LogP contribution in [0.25, 0.3) is 0 Å². The van der Waals surface area contributed by atoms with Crippen LogP contribution in [-0.2, 0) is 16.0 Å². The van der Waals surface area contributed by atoms with Gasteiger partial charge in [-0.1, -0.05) is 18.6 Å².